The quantitative estimate of drug-likeness (QED) is 0.796. The summed E-state index contributed by atoms with van der Waals surface area (Å²) in [5.41, 5.74) is 1.11. The Bertz CT molecular complexity index is 409. The average molecular weight is 300 g/mol. The molecule has 0 aliphatic carbocycles. The van der Waals surface area contributed by atoms with Crippen LogP contribution in [0.4, 0.5) is 0 Å². The van der Waals surface area contributed by atoms with Crippen molar-refractivity contribution in [2.75, 3.05) is 20.8 Å². The molecule has 4 heteroatoms. The number of methoxy groups -OCH3 is 2. The Balaban J connectivity index is 2.97. The number of hydrogen-bond acceptors (Lipinski definition) is 3. The van der Waals surface area contributed by atoms with Gasteiger partial charge in [-0.2, -0.15) is 0 Å². The van der Waals surface area contributed by atoms with Crippen molar-refractivity contribution in [2.45, 2.75) is 39.3 Å². The topological polar surface area (TPSA) is 30.5 Å². The van der Waals surface area contributed by atoms with Gasteiger partial charge in [0.25, 0.3) is 0 Å². The molecule has 0 heterocycles. The summed E-state index contributed by atoms with van der Waals surface area (Å²) in [5.74, 6) is 1.31. The van der Waals surface area contributed by atoms with E-state index in [0.717, 1.165) is 29.3 Å². The molecule has 0 spiro atoms. The first kappa shape index (κ1) is 17.3. The molecule has 1 rings (SSSR count). The zero-order chi connectivity index (χ0) is 15.1. The maximum Gasteiger partial charge on any atom is 0.122 e. The van der Waals surface area contributed by atoms with Crippen molar-refractivity contribution in [3.63, 3.8) is 0 Å². The molecule has 2 atom stereocenters. The predicted octanol–water partition coefficient (Wildman–Crippen LogP) is 3.54. The van der Waals surface area contributed by atoms with Crippen molar-refractivity contribution in [3.05, 3.63) is 28.8 Å². The summed E-state index contributed by atoms with van der Waals surface area (Å²) in [7, 11) is 3.45. The molecule has 0 amide bonds. The lowest BCUT2D eigenvalue weighted by Gasteiger charge is -2.30. The number of benzene rings is 1. The van der Waals surface area contributed by atoms with Crippen LogP contribution in [0.15, 0.2) is 18.2 Å². The van der Waals surface area contributed by atoms with Crippen molar-refractivity contribution in [2.24, 2.45) is 5.92 Å². The van der Waals surface area contributed by atoms with E-state index < -0.39 is 0 Å². The van der Waals surface area contributed by atoms with Crippen molar-refractivity contribution < 1.29 is 9.47 Å². The summed E-state index contributed by atoms with van der Waals surface area (Å²) in [6, 6.07) is 5.97. The zero-order valence-corrected chi connectivity index (χ0v) is 13.8. The van der Waals surface area contributed by atoms with Crippen molar-refractivity contribution in [3.8, 4) is 5.75 Å². The molecule has 0 fully saturated rings. The Morgan fingerprint density at radius 1 is 1.25 bits per heavy atom. The molecule has 1 aromatic carbocycles. The number of halogens is 1. The van der Waals surface area contributed by atoms with Crippen LogP contribution in [0.3, 0.4) is 0 Å². The molecule has 20 heavy (non-hydrogen) atoms. The van der Waals surface area contributed by atoms with Gasteiger partial charge in [-0.05, 0) is 42.6 Å². The Hall–Kier alpha value is -0.770. The first-order valence-electron chi connectivity index (χ1n) is 7.12. The van der Waals surface area contributed by atoms with Crippen molar-refractivity contribution in [1.29, 1.82) is 0 Å². The van der Waals surface area contributed by atoms with Gasteiger partial charge in [0.15, 0.2) is 0 Å². The zero-order valence-electron chi connectivity index (χ0n) is 13.1. The van der Waals surface area contributed by atoms with Gasteiger partial charge in [-0.25, -0.2) is 0 Å². The number of likely N-dealkylation sites (N-methyl/N-ethyl adjacent to an activating group) is 1. The fourth-order valence-corrected chi connectivity index (χ4v) is 2.81. The van der Waals surface area contributed by atoms with E-state index >= 15 is 0 Å². The first-order chi connectivity index (χ1) is 9.53. The summed E-state index contributed by atoms with van der Waals surface area (Å²) < 4.78 is 11.1. The number of rotatable bonds is 8. The van der Waals surface area contributed by atoms with Gasteiger partial charge >= 0.3 is 0 Å². The molecule has 2 unspecified atom stereocenters. The van der Waals surface area contributed by atoms with Gasteiger partial charge in [-0.15, -0.1) is 0 Å². The van der Waals surface area contributed by atoms with Gasteiger partial charge in [0.05, 0.1) is 13.2 Å². The van der Waals surface area contributed by atoms with Crippen LogP contribution >= 0.6 is 11.6 Å². The maximum absolute atomic E-state index is 6.10. The molecule has 0 aliphatic rings. The average Bonchev–Trinajstić information content (AvgIpc) is 2.39. The Kier molecular flexibility index (Phi) is 7.35. The molecule has 0 aromatic heterocycles. The highest BCUT2D eigenvalue weighted by Gasteiger charge is 2.25. The Labute approximate surface area is 127 Å². The van der Waals surface area contributed by atoms with E-state index in [1.807, 2.05) is 18.2 Å². The molecule has 0 aliphatic heterocycles. The second-order valence-electron chi connectivity index (χ2n) is 5.27. The van der Waals surface area contributed by atoms with Crippen molar-refractivity contribution >= 4 is 11.6 Å². The second-order valence-corrected chi connectivity index (χ2v) is 5.71. The van der Waals surface area contributed by atoms with Crippen LogP contribution in [0.1, 0.15) is 26.3 Å². The molecular weight excluding hydrogens is 274 g/mol. The minimum Gasteiger partial charge on any atom is -0.496 e. The Morgan fingerprint density at radius 3 is 2.45 bits per heavy atom. The third kappa shape index (κ3) is 4.65. The molecule has 1 aromatic rings. The summed E-state index contributed by atoms with van der Waals surface area (Å²) >= 11 is 6.10. The van der Waals surface area contributed by atoms with Gasteiger partial charge in [0.2, 0.25) is 0 Å². The highest BCUT2D eigenvalue weighted by molar-refractivity contribution is 6.30. The van der Waals surface area contributed by atoms with Crippen LogP contribution in [0.2, 0.25) is 5.02 Å². The van der Waals surface area contributed by atoms with Crippen LogP contribution < -0.4 is 10.1 Å². The van der Waals surface area contributed by atoms with E-state index in [1.165, 1.54) is 0 Å². The fraction of sp³-hybridized carbons (Fsp3) is 0.625. The van der Waals surface area contributed by atoms with E-state index in [4.69, 9.17) is 21.1 Å². The summed E-state index contributed by atoms with van der Waals surface area (Å²) in [5, 5.41) is 4.24. The molecule has 114 valence electrons. The SMILES string of the molecule is CCNC(Cc1cc(Cl)ccc1OC)C(OC)C(C)C. The van der Waals surface area contributed by atoms with Crippen LogP contribution in [-0.4, -0.2) is 32.9 Å². The lowest BCUT2D eigenvalue weighted by atomic mass is 9.93. The standard InChI is InChI=1S/C16H26ClNO2/c1-6-18-14(16(20-5)11(2)3)10-12-9-13(17)7-8-15(12)19-4/h7-9,11,14,16,18H,6,10H2,1-5H3. The van der Waals surface area contributed by atoms with Crippen LogP contribution in [0.25, 0.3) is 0 Å². The monoisotopic (exact) mass is 299 g/mol. The lowest BCUT2D eigenvalue weighted by molar-refractivity contribution is 0.0335. The van der Waals surface area contributed by atoms with E-state index in [9.17, 15) is 0 Å². The minimum atomic E-state index is 0.152. The van der Waals surface area contributed by atoms with E-state index in [1.54, 1.807) is 14.2 Å². The number of nitrogens with one attached hydrogen (secondary N) is 1. The summed E-state index contributed by atoms with van der Waals surface area (Å²) in [6.07, 6.45) is 0.979. The summed E-state index contributed by atoms with van der Waals surface area (Å²) in [4.78, 5) is 0. The van der Waals surface area contributed by atoms with Gasteiger partial charge in [-0.3, -0.25) is 0 Å². The molecule has 3 nitrogen and oxygen atoms in total. The van der Waals surface area contributed by atoms with Gasteiger partial charge in [-0.1, -0.05) is 32.4 Å². The molecule has 1 N–H and O–H groups in total. The maximum atomic E-state index is 6.10. The smallest absolute Gasteiger partial charge is 0.122 e. The fourth-order valence-electron chi connectivity index (χ4n) is 2.61. The molecule has 0 radical (unpaired) electrons. The van der Waals surface area contributed by atoms with Crippen LogP contribution in [-0.2, 0) is 11.2 Å². The molecule has 0 saturated heterocycles. The van der Waals surface area contributed by atoms with E-state index in [-0.39, 0.29) is 12.1 Å². The highest BCUT2D eigenvalue weighted by atomic mass is 35.5. The molecule has 0 saturated carbocycles. The Morgan fingerprint density at radius 2 is 1.95 bits per heavy atom. The van der Waals surface area contributed by atoms with Gasteiger partial charge < -0.3 is 14.8 Å². The third-order valence-electron chi connectivity index (χ3n) is 3.47. The normalized spacial score (nSPS) is 14.3. The van der Waals surface area contributed by atoms with E-state index in [2.05, 4.69) is 26.1 Å². The number of hydrogen-bond donors (Lipinski definition) is 1. The van der Waals surface area contributed by atoms with Crippen LogP contribution in [0, 0.1) is 5.92 Å². The predicted molar refractivity (Wildman–Crippen MR) is 84.8 cm³/mol. The third-order valence-corrected chi connectivity index (χ3v) is 3.71. The lowest BCUT2D eigenvalue weighted by Crippen LogP contribution is -2.45. The molecular formula is C16H26ClNO2. The van der Waals surface area contributed by atoms with Crippen LogP contribution in [0.5, 0.6) is 5.75 Å². The van der Waals surface area contributed by atoms with Crippen molar-refractivity contribution in [1.82, 2.24) is 5.32 Å². The summed E-state index contributed by atoms with van der Waals surface area (Å²) in [6.45, 7) is 7.36. The number of ether oxygens (including phenoxy) is 2. The second kappa shape index (κ2) is 8.50. The molecule has 0 bridgehead atoms. The largest absolute Gasteiger partial charge is 0.496 e. The highest BCUT2D eigenvalue weighted by Crippen LogP contribution is 2.25. The van der Waals surface area contributed by atoms with Gasteiger partial charge in [0, 0.05) is 18.2 Å². The minimum absolute atomic E-state index is 0.152. The van der Waals surface area contributed by atoms with E-state index in [0.29, 0.717) is 5.92 Å². The first-order valence-corrected chi connectivity index (χ1v) is 7.49. The van der Waals surface area contributed by atoms with Gasteiger partial charge in [0.1, 0.15) is 5.75 Å².